The number of rotatable bonds is 7. The summed E-state index contributed by atoms with van der Waals surface area (Å²) in [6.45, 7) is 4.83. The maximum Gasteiger partial charge on any atom is 0.223 e. The van der Waals surface area contributed by atoms with Crippen molar-refractivity contribution in [2.24, 2.45) is 5.92 Å². The summed E-state index contributed by atoms with van der Waals surface area (Å²) >= 11 is 0. The smallest absolute Gasteiger partial charge is 0.223 e. The lowest BCUT2D eigenvalue weighted by Gasteiger charge is -2.11. The van der Waals surface area contributed by atoms with Gasteiger partial charge in [-0.3, -0.25) is 4.79 Å². The summed E-state index contributed by atoms with van der Waals surface area (Å²) in [6, 6.07) is 8.26. The number of carbonyl (C=O) groups excluding carboxylic acids is 1. The van der Waals surface area contributed by atoms with E-state index in [-0.39, 0.29) is 17.9 Å². The van der Waals surface area contributed by atoms with Gasteiger partial charge in [0.25, 0.3) is 0 Å². The number of benzene rings is 1. The molecule has 0 spiro atoms. The highest BCUT2D eigenvalue weighted by Gasteiger charge is 2.21. The summed E-state index contributed by atoms with van der Waals surface area (Å²) < 4.78 is 5.63. The van der Waals surface area contributed by atoms with Crippen LogP contribution >= 0.6 is 0 Å². The molecule has 1 aromatic rings. The van der Waals surface area contributed by atoms with Crippen LogP contribution in [0, 0.1) is 5.92 Å². The topological polar surface area (TPSA) is 38.3 Å². The minimum atomic E-state index is 0.210. The summed E-state index contributed by atoms with van der Waals surface area (Å²) in [6.07, 6.45) is 6.76. The summed E-state index contributed by atoms with van der Waals surface area (Å²) in [5, 5.41) is 3.07. The van der Waals surface area contributed by atoms with Gasteiger partial charge in [-0.2, -0.15) is 0 Å². The zero-order valence-electron chi connectivity index (χ0n) is 13.2. The van der Waals surface area contributed by atoms with E-state index in [0.717, 1.165) is 38.0 Å². The number of hydrogen-bond acceptors (Lipinski definition) is 2. The Hall–Kier alpha value is -1.51. The molecule has 0 aliphatic heterocycles. The minimum absolute atomic E-state index is 0.210. The molecule has 1 N–H and O–H groups in total. The van der Waals surface area contributed by atoms with E-state index in [0.29, 0.717) is 0 Å². The molecule has 1 fully saturated rings. The summed E-state index contributed by atoms with van der Waals surface area (Å²) in [5.74, 6) is 1.45. The molecule has 0 bridgehead atoms. The molecular weight excluding hydrogens is 262 g/mol. The molecule has 0 heterocycles. The van der Waals surface area contributed by atoms with Gasteiger partial charge in [-0.1, -0.05) is 25.0 Å². The zero-order chi connectivity index (χ0) is 15.1. The van der Waals surface area contributed by atoms with Crippen molar-refractivity contribution < 1.29 is 9.53 Å². The van der Waals surface area contributed by atoms with Crippen LogP contribution in [-0.4, -0.2) is 18.6 Å². The Labute approximate surface area is 128 Å². The van der Waals surface area contributed by atoms with E-state index in [9.17, 15) is 4.79 Å². The predicted molar refractivity (Wildman–Crippen MR) is 85.5 cm³/mol. The predicted octanol–water partition coefficient (Wildman–Crippen LogP) is 3.71. The average molecular weight is 289 g/mol. The van der Waals surface area contributed by atoms with Crippen molar-refractivity contribution in [3.63, 3.8) is 0 Å². The second-order valence-electron chi connectivity index (χ2n) is 6.19. The van der Waals surface area contributed by atoms with Crippen LogP contribution in [0.15, 0.2) is 24.3 Å². The Balaban J connectivity index is 1.65. The van der Waals surface area contributed by atoms with E-state index in [1.165, 1.54) is 18.4 Å². The number of nitrogens with one attached hydrogen (secondary N) is 1. The highest BCUT2D eigenvalue weighted by Crippen LogP contribution is 2.24. The van der Waals surface area contributed by atoms with Gasteiger partial charge in [0.15, 0.2) is 0 Å². The maximum absolute atomic E-state index is 11.9. The van der Waals surface area contributed by atoms with Crippen molar-refractivity contribution in [1.82, 2.24) is 5.32 Å². The highest BCUT2D eigenvalue weighted by atomic mass is 16.5. The summed E-state index contributed by atoms with van der Waals surface area (Å²) in [5.41, 5.74) is 1.29. The fourth-order valence-corrected chi connectivity index (χ4v) is 2.84. The lowest BCUT2D eigenvalue weighted by molar-refractivity contribution is -0.124. The molecule has 3 nitrogen and oxygen atoms in total. The van der Waals surface area contributed by atoms with E-state index < -0.39 is 0 Å². The van der Waals surface area contributed by atoms with Gasteiger partial charge < -0.3 is 10.1 Å². The lowest BCUT2D eigenvalue weighted by Crippen LogP contribution is -2.30. The van der Waals surface area contributed by atoms with Gasteiger partial charge in [-0.05, 0) is 57.2 Å². The Morgan fingerprint density at radius 1 is 1.24 bits per heavy atom. The van der Waals surface area contributed by atoms with Crippen molar-refractivity contribution in [1.29, 1.82) is 0 Å². The lowest BCUT2D eigenvalue weighted by atomic mass is 10.1. The highest BCUT2D eigenvalue weighted by molar-refractivity contribution is 5.78. The Morgan fingerprint density at radius 3 is 2.52 bits per heavy atom. The monoisotopic (exact) mass is 289 g/mol. The van der Waals surface area contributed by atoms with Crippen molar-refractivity contribution in [3.05, 3.63) is 29.8 Å². The molecule has 0 aromatic heterocycles. The van der Waals surface area contributed by atoms with Crippen LogP contribution in [0.4, 0.5) is 0 Å². The van der Waals surface area contributed by atoms with Crippen molar-refractivity contribution >= 4 is 5.91 Å². The van der Waals surface area contributed by atoms with E-state index >= 15 is 0 Å². The van der Waals surface area contributed by atoms with Gasteiger partial charge in [-0.15, -0.1) is 0 Å². The van der Waals surface area contributed by atoms with Crippen molar-refractivity contribution in [2.45, 2.75) is 58.5 Å². The number of ether oxygens (including phenoxy) is 1. The third-order valence-corrected chi connectivity index (χ3v) is 3.96. The number of hydrogen-bond donors (Lipinski definition) is 1. The van der Waals surface area contributed by atoms with Gasteiger partial charge in [0, 0.05) is 12.5 Å². The van der Waals surface area contributed by atoms with Crippen LogP contribution in [0.2, 0.25) is 0 Å². The fraction of sp³-hybridized carbons (Fsp3) is 0.611. The largest absolute Gasteiger partial charge is 0.491 e. The molecule has 1 saturated carbocycles. The van der Waals surface area contributed by atoms with Gasteiger partial charge in [0.2, 0.25) is 5.91 Å². The first-order valence-corrected chi connectivity index (χ1v) is 8.18. The Morgan fingerprint density at radius 2 is 1.90 bits per heavy atom. The van der Waals surface area contributed by atoms with E-state index in [2.05, 4.69) is 17.4 Å². The molecule has 0 atom stereocenters. The van der Waals surface area contributed by atoms with Gasteiger partial charge in [0.05, 0.1) is 6.10 Å². The van der Waals surface area contributed by atoms with E-state index in [1.54, 1.807) is 0 Å². The second-order valence-corrected chi connectivity index (χ2v) is 6.19. The molecule has 1 aromatic carbocycles. The van der Waals surface area contributed by atoms with Crippen LogP contribution in [0.3, 0.4) is 0 Å². The fourth-order valence-electron chi connectivity index (χ4n) is 2.84. The number of aryl methyl sites for hydroxylation is 1. The van der Waals surface area contributed by atoms with Crippen LogP contribution in [-0.2, 0) is 11.2 Å². The summed E-state index contributed by atoms with van der Waals surface area (Å²) in [4.78, 5) is 11.9. The van der Waals surface area contributed by atoms with Crippen molar-refractivity contribution in [2.75, 3.05) is 6.54 Å². The standard InChI is InChI=1S/C18H27NO2/c1-14(2)21-17-11-9-15(10-12-17)6-5-13-19-18(20)16-7-3-4-8-16/h9-12,14,16H,3-8,13H2,1-2H3,(H,19,20). The summed E-state index contributed by atoms with van der Waals surface area (Å²) in [7, 11) is 0. The van der Waals surface area contributed by atoms with Crippen LogP contribution in [0.5, 0.6) is 5.75 Å². The van der Waals surface area contributed by atoms with Gasteiger partial charge in [-0.25, -0.2) is 0 Å². The molecule has 0 saturated heterocycles. The van der Waals surface area contributed by atoms with E-state index in [4.69, 9.17) is 4.74 Å². The normalized spacial score (nSPS) is 15.4. The molecule has 116 valence electrons. The number of amides is 1. The van der Waals surface area contributed by atoms with Crippen LogP contribution in [0.25, 0.3) is 0 Å². The quantitative estimate of drug-likeness (QED) is 0.777. The molecule has 21 heavy (non-hydrogen) atoms. The average Bonchev–Trinajstić information content (AvgIpc) is 2.99. The molecule has 0 unspecified atom stereocenters. The second kappa shape index (κ2) is 8.06. The molecule has 1 amide bonds. The van der Waals surface area contributed by atoms with E-state index in [1.807, 2.05) is 26.0 Å². The van der Waals surface area contributed by atoms with Gasteiger partial charge in [0.1, 0.15) is 5.75 Å². The number of carbonyl (C=O) groups is 1. The molecule has 1 aliphatic carbocycles. The zero-order valence-corrected chi connectivity index (χ0v) is 13.2. The third-order valence-electron chi connectivity index (χ3n) is 3.96. The molecule has 2 rings (SSSR count). The third kappa shape index (κ3) is 5.41. The SMILES string of the molecule is CC(C)Oc1ccc(CCCNC(=O)C2CCCC2)cc1. The molecule has 1 aliphatic rings. The van der Waals surface area contributed by atoms with Crippen LogP contribution < -0.4 is 10.1 Å². The van der Waals surface area contributed by atoms with Crippen molar-refractivity contribution in [3.8, 4) is 5.75 Å². The Kier molecular flexibility index (Phi) is 6.09. The molecular formula is C18H27NO2. The maximum atomic E-state index is 11.9. The molecule has 3 heteroatoms. The van der Waals surface area contributed by atoms with Gasteiger partial charge >= 0.3 is 0 Å². The van der Waals surface area contributed by atoms with Crippen LogP contribution in [0.1, 0.15) is 51.5 Å². The minimum Gasteiger partial charge on any atom is -0.491 e. The Bertz CT molecular complexity index is 433. The molecule has 0 radical (unpaired) electrons. The first kappa shape index (κ1) is 15.9. The first-order chi connectivity index (χ1) is 10.1. The first-order valence-electron chi connectivity index (χ1n) is 8.18.